The maximum absolute atomic E-state index is 3.28. The molecule has 0 aliphatic rings. The summed E-state index contributed by atoms with van der Waals surface area (Å²) in [5.41, 5.74) is 0. The largest absolute Gasteiger partial charge is 0.320 e. The van der Waals surface area contributed by atoms with Gasteiger partial charge < -0.3 is 5.32 Å². The van der Waals surface area contributed by atoms with E-state index in [9.17, 15) is 0 Å². The van der Waals surface area contributed by atoms with E-state index >= 15 is 0 Å². The molecular weight excluding hydrogens is 682 g/mol. The van der Waals surface area contributed by atoms with Crippen molar-refractivity contribution in [3.05, 3.63) is 0 Å². The van der Waals surface area contributed by atoms with Gasteiger partial charge >= 0.3 is 0 Å². The summed E-state index contributed by atoms with van der Waals surface area (Å²) < 4.78 is 0. The highest BCUT2D eigenvalue weighted by molar-refractivity contribution is 8.93. The zero-order valence-electron chi connectivity index (χ0n) is 36.3. The molecule has 1 nitrogen and oxygen atoms in total. The van der Waals surface area contributed by atoms with Gasteiger partial charge in [-0.3, -0.25) is 0 Å². The Bertz CT molecular complexity index is 528. The fourth-order valence-corrected chi connectivity index (χ4v) is 8.37. The van der Waals surface area contributed by atoms with Crippen LogP contribution in [0.4, 0.5) is 0 Å². The van der Waals surface area contributed by atoms with E-state index in [0.717, 1.165) is 5.92 Å². The zero-order chi connectivity index (χ0) is 36.1. The average Bonchev–Trinajstić information content (AvgIpc) is 3.13. The smallest absolute Gasteiger partial charge is 0.00519 e. The van der Waals surface area contributed by atoms with Crippen molar-refractivity contribution in [2.75, 3.05) is 13.6 Å². The molecule has 0 fully saturated rings. The Hall–Kier alpha value is 0.440. The lowest BCUT2D eigenvalue weighted by atomic mass is 9.89. The fraction of sp³-hybridized carbons (Fsp3) is 1.00. The lowest BCUT2D eigenvalue weighted by Crippen LogP contribution is -2.06. The molecule has 51 heavy (non-hydrogen) atoms. The molecule has 2 heteroatoms. The van der Waals surface area contributed by atoms with Crippen LogP contribution in [0.25, 0.3) is 0 Å². The molecule has 0 unspecified atom stereocenters. The Morgan fingerprint density at radius 3 is 0.627 bits per heavy atom. The summed E-state index contributed by atoms with van der Waals surface area (Å²) in [5, 5.41) is 3.28. The van der Waals surface area contributed by atoms with Gasteiger partial charge in [0.15, 0.2) is 0 Å². The lowest BCUT2D eigenvalue weighted by Gasteiger charge is -2.17. The van der Waals surface area contributed by atoms with Crippen molar-refractivity contribution in [3.8, 4) is 0 Å². The molecule has 0 atom stereocenters. The van der Waals surface area contributed by atoms with Crippen LogP contribution in [0.2, 0.25) is 0 Å². The van der Waals surface area contributed by atoms with Crippen LogP contribution in [0.15, 0.2) is 0 Å². The third-order valence-electron chi connectivity index (χ3n) is 12.0. The van der Waals surface area contributed by atoms with Gasteiger partial charge in [0, 0.05) is 0 Å². The van der Waals surface area contributed by atoms with Crippen LogP contribution in [0, 0.1) is 5.92 Å². The first-order chi connectivity index (χ1) is 24.8. The highest BCUT2D eigenvalue weighted by Gasteiger charge is 2.09. The second kappa shape index (κ2) is 50.4. The summed E-state index contributed by atoms with van der Waals surface area (Å²) in [4.78, 5) is 0. The molecule has 0 radical (unpaired) electrons. The Labute approximate surface area is 336 Å². The third kappa shape index (κ3) is 48.4. The number of halogens is 1. The summed E-state index contributed by atoms with van der Waals surface area (Å²) in [6, 6.07) is 0. The van der Waals surface area contributed by atoms with E-state index in [1.807, 2.05) is 0 Å². The second-order valence-electron chi connectivity index (χ2n) is 17.1. The average molecular weight is 785 g/mol. The van der Waals surface area contributed by atoms with Gasteiger partial charge in [0.25, 0.3) is 0 Å². The maximum atomic E-state index is 3.28. The van der Waals surface area contributed by atoms with Crippen LogP contribution >= 0.6 is 17.0 Å². The van der Waals surface area contributed by atoms with E-state index in [4.69, 9.17) is 0 Å². The van der Waals surface area contributed by atoms with E-state index in [-0.39, 0.29) is 17.0 Å². The molecule has 0 bridgehead atoms. The first-order valence-corrected chi connectivity index (χ1v) is 24.5. The molecule has 0 aromatic heterocycles. The predicted octanol–water partition coefficient (Wildman–Crippen LogP) is 18.6. The van der Waals surface area contributed by atoms with E-state index in [0.29, 0.717) is 0 Å². The van der Waals surface area contributed by atoms with Crippen molar-refractivity contribution in [3.63, 3.8) is 0 Å². The Morgan fingerprint density at radius 1 is 0.255 bits per heavy atom. The lowest BCUT2D eigenvalue weighted by molar-refractivity contribution is 0.365. The molecule has 0 saturated carbocycles. The molecule has 0 aliphatic carbocycles. The fourth-order valence-electron chi connectivity index (χ4n) is 8.37. The topological polar surface area (TPSA) is 12.0 Å². The normalized spacial score (nSPS) is 11.5. The first-order valence-electron chi connectivity index (χ1n) is 24.5. The van der Waals surface area contributed by atoms with Crippen LogP contribution in [-0.4, -0.2) is 13.6 Å². The molecule has 1 N–H and O–H groups in total. The first kappa shape index (κ1) is 53.5. The van der Waals surface area contributed by atoms with Crippen molar-refractivity contribution in [1.82, 2.24) is 5.32 Å². The van der Waals surface area contributed by atoms with E-state index in [2.05, 4.69) is 26.2 Å². The second-order valence-corrected chi connectivity index (χ2v) is 17.1. The summed E-state index contributed by atoms with van der Waals surface area (Å²) >= 11 is 0. The van der Waals surface area contributed by atoms with E-state index in [1.54, 1.807) is 0 Å². The predicted molar refractivity (Wildman–Crippen MR) is 242 cm³/mol. The summed E-state index contributed by atoms with van der Waals surface area (Å²) in [6.45, 7) is 5.83. The summed E-state index contributed by atoms with van der Waals surface area (Å²) in [7, 11) is 2.08. The molecule has 0 amide bonds. The SMILES string of the molecule is Br.CCCCCCCCCCCCCCCCCCC(CCCCCCCCCCCCCCCCCC)CCCCCCCCCCCNC. The van der Waals surface area contributed by atoms with Crippen molar-refractivity contribution in [2.45, 2.75) is 296 Å². The quantitative estimate of drug-likeness (QED) is 0.0606. The van der Waals surface area contributed by atoms with E-state index in [1.165, 1.54) is 289 Å². The van der Waals surface area contributed by atoms with Gasteiger partial charge in [-0.15, -0.1) is 17.0 Å². The van der Waals surface area contributed by atoms with Gasteiger partial charge in [0.2, 0.25) is 0 Å². The minimum absolute atomic E-state index is 0. The monoisotopic (exact) mass is 784 g/mol. The van der Waals surface area contributed by atoms with Crippen LogP contribution in [0.3, 0.4) is 0 Å². The van der Waals surface area contributed by atoms with Crippen molar-refractivity contribution in [1.29, 1.82) is 0 Å². The Balaban J connectivity index is 0. The van der Waals surface area contributed by atoms with Crippen molar-refractivity contribution >= 4 is 17.0 Å². The molecule has 0 aromatic carbocycles. The minimum Gasteiger partial charge on any atom is -0.320 e. The van der Waals surface area contributed by atoms with Gasteiger partial charge in [-0.25, -0.2) is 0 Å². The highest BCUT2D eigenvalue weighted by Crippen LogP contribution is 2.25. The van der Waals surface area contributed by atoms with Crippen LogP contribution in [-0.2, 0) is 0 Å². The molecular formula is C49H102BrN. The van der Waals surface area contributed by atoms with Gasteiger partial charge in [0.1, 0.15) is 0 Å². The molecule has 310 valence electrons. The Kier molecular flexibility index (Phi) is 53.0. The highest BCUT2D eigenvalue weighted by atomic mass is 79.9. The van der Waals surface area contributed by atoms with Crippen LogP contribution in [0.5, 0.6) is 0 Å². The minimum atomic E-state index is 0. The number of unbranched alkanes of at least 4 members (excludes halogenated alkanes) is 38. The number of hydrogen-bond donors (Lipinski definition) is 1. The maximum Gasteiger partial charge on any atom is -0.00519 e. The molecule has 0 spiro atoms. The molecule has 0 saturated heterocycles. The molecule has 0 aromatic rings. The molecule has 0 aliphatic heterocycles. The van der Waals surface area contributed by atoms with E-state index < -0.39 is 0 Å². The standard InChI is InChI=1S/C49H101N.BrH/c1-4-6-8-10-12-14-16-18-20-22-24-26-29-33-37-41-45-49(47-43-39-35-31-28-32-36-40-44-48-50-3)46-42-38-34-30-27-25-23-21-19-17-15-13-11-9-7-5-2;/h49-50H,4-48H2,1-3H3;1H. The van der Waals surface area contributed by atoms with Crippen molar-refractivity contribution < 1.29 is 0 Å². The number of rotatable bonds is 46. The number of nitrogens with one attached hydrogen (secondary N) is 1. The summed E-state index contributed by atoms with van der Waals surface area (Å²) in [6.07, 6.45) is 65.1. The molecule has 0 rings (SSSR count). The third-order valence-corrected chi connectivity index (χ3v) is 12.0. The molecule has 0 heterocycles. The summed E-state index contributed by atoms with van der Waals surface area (Å²) in [5.74, 6) is 1.03. The van der Waals surface area contributed by atoms with Gasteiger partial charge in [0.05, 0.1) is 0 Å². The van der Waals surface area contributed by atoms with Gasteiger partial charge in [-0.1, -0.05) is 290 Å². The van der Waals surface area contributed by atoms with Gasteiger partial charge in [-0.2, -0.15) is 0 Å². The van der Waals surface area contributed by atoms with Crippen LogP contribution in [0.1, 0.15) is 296 Å². The zero-order valence-corrected chi connectivity index (χ0v) is 38.0. The number of hydrogen-bond acceptors (Lipinski definition) is 1. The Morgan fingerprint density at radius 2 is 0.431 bits per heavy atom. The van der Waals surface area contributed by atoms with Crippen LogP contribution < -0.4 is 5.32 Å². The van der Waals surface area contributed by atoms with Gasteiger partial charge in [-0.05, 0) is 25.9 Å². The van der Waals surface area contributed by atoms with Crippen molar-refractivity contribution in [2.24, 2.45) is 5.92 Å².